The number of piperazine rings is 3. The summed E-state index contributed by atoms with van der Waals surface area (Å²) in [5, 5.41) is 55.8. The quantitative estimate of drug-likeness (QED) is 0.0394. The van der Waals surface area contributed by atoms with Crippen molar-refractivity contribution in [3.8, 4) is 68.7 Å². The van der Waals surface area contributed by atoms with E-state index in [-0.39, 0.29) is 127 Å². The van der Waals surface area contributed by atoms with Crippen LogP contribution in [0.5, 0.6) is 35.3 Å². The Kier molecular flexibility index (Phi) is 24.8. The third kappa shape index (κ3) is 17.2. The molecular weight excluding hydrogens is 1540 g/mol. The van der Waals surface area contributed by atoms with E-state index in [4.69, 9.17) is 49.0 Å². The van der Waals surface area contributed by atoms with Gasteiger partial charge in [-0.25, -0.2) is 13.2 Å². The van der Waals surface area contributed by atoms with Crippen LogP contribution in [-0.2, 0) is 14.4 Å². The van der Waals surface area contributed by atoms with Crippen LogP contribution in [-0.4, -0.2) is 191 Å². The number of phenols is 3. The first kappa shape index (κ1) is 81.5. The minimum absolute atomic E-state index is 0.00377. The maximum absolute atomic E-state index is 16.4. The predicted molar refractivity (Wildman–Crippen MR) is 443 cm³/mol. The SMILES string of the molecule is C=CC(=O)N1CCN(c2nc(OC(C)CC)nc3c(F)c(-c4cc(O)cc5ccccc45)c(Cl)cc23)CC1.C=CC(=O)N1CCN(c2nc(O[C@H](C)CC)nc3c(F)c(-c4cc(O)cc5ccccc45)c(Cl)cc23)CC1.CCC(C)Oc1nc(N2CCN(C(=O)C(O)O)CC2)c2cc(Cl)c(-c3cc(O)cc4ccccc34)c(F)c2n1. The fourth-order valence-corrected chi connectivity index (χ4v) is 15.1. The average molecular weight is 1630 g/mol. The number of aromatic nitrogens is 6. The van der Waals surface area contributed by atoms with Crippen molar-refractivity contribution < 1.29 is 67.3 Å². The summed E-state index contributed by atoms with van der Waals surface area (Å²) >= 11 is 20.2. The molecule has 0 aliphatic carbocycles. The van der Waals surface area contributed by atoms with Crippen LogP contribution in [0.1, 0.15) is 60.8 Å². The summed E-state index contributed by atoms with van der Waals surface area (Å²) in [7, 11) is 0. The topological polar surface area (TPSA) is 277 Å². The van der Waals surface area contributed by atoms with Gasteiger partial charge in [-0.2, -0.15) is 29.9 Å². The molecule has 29 heteroatoms. The molecule has 3 aromatic heterocycles. The van der Waals surface area contributed by atoms with Crippen LogP contribution >= 0.6 is 34.8 Å². The summed E-state index contributed by atoms with van der Waals surface area (Å²) in [4.78, 5) is 74.0. The zero-order valence-corrected chi connectivity index (χ0v) is 66.2. The molecular formula is C86H84Cl3F3N12O11. The Balaban J connectivity index is 0.000000150. The monoisotopic (exact) mass is 1620 g/mol. The number of halogens is 6. The zero-order valence-electron chi connectivity index (χ0n) is 63.9. The number of anilines is 3. The summed E-state index contributed by atoms with van der Waals surface area (Å²) in [6.07, 6.45) is 2.09. The normalized spacial score (nSPS) is 14.7. The Labute approximate surface area is 675 Å². The van der Waals surface area contributed by atoms with Crippen molar-refractivity contribution in [2.45, 2.75) is 85.4 Å². The number of nitrogens with zero attached hydrogens (tertiary/aromatic N) is 12. The van der Waals surface area contributed by atoms with Gasteiger partial charge in [0.25, 0.3) is 5.91 Å². The van der Waals surface area contributed by atoms with Crippen LogP contribution in [0.3, 0.4) is 0 Å². The molecule has 596 valence electrons. The second kappa shape index (κ2) is 35.0. The fourth-order valence-electron chi connectivity index (χ4n) is 14.2. The molecule has 23 nitrogen and oxygen atoms in total. The van der Waals surface area contributed by atoms with Crippen molar-refractivity contribution in [3.63, 3.8) is 0 Å². The van der Waals surface area contributed by atoms with Crippen molar-refractivity contribution in [2.24, 2.45) is 0 Å². The molecule has 2 unspecified atom stereocenters. The molecule has 12 aromatic rings. The summed E-state index contributed by atoms with van der Waals surface area (Å²) in [5.41, 5.74) is 1.90. The van der Waals surface area contributed by atoms with Gasteiger partial charge in [0.05, 0.1) is 33.4 Å². The van der Waals surface area contributed by atoms with Crippen molar-refractivity contribution in [1.29, 1.82) is 0 Å². The van der Waals surface area contributed by atoms with Gasteiger partial charge in [0.2, 0.25) is 18.1 Å². The lowest BCUT2D eigenvalue weighted by Crippen LogP contribution is -2.51. The maximum Gasteiger partial charge on any atom is 0.319 e. The molecule has 115 heavy (non-hydrogen) atoms. The van der Waals surface area contributed by atoms with E-state index in [9.17, 15) is 39.9 Å². The van der Waals surface area contributed by atoms with Crippen molar-refractivity contribution in [3.05, 3.63) is 185 Å². The first-order valence-electron chi connectivity index (χ1n) is 37.8. The van der Waals surface area contributed by atoms with Gasteiger partial charge in [0.1, 0.15) is 51.3 Å². The molecule has 3 aliphatic rings. The van der Waals surface area contributed by atoms with E-state index in [2.05, 4.69) is 43.1 Å². The molecule has 15 rings (SSSR count). The summed E-state index contributed by atoms with van der Waals surface area (Å²) in [6.45, 7) is 23.6. The number of hydrogen-bond acceptors (Lipinski definition) is 20. The third-order valence-corrected chi connectivity index (χ3v) is 21.7. The first-order valence-corrected chi connectivity index (χ1v) is 38.9. The second-order valence-electron chi connectivity index (χ2n) is 28.2. The maximum atomic E-state index is 16.4. The van der Waals surface area contributed by atoms with E-state index in [1.807, 2.05) is 129 Å². The number of benzene rings is 9. The summed E-state index contributed by atoms with van der Waals surface area (Å²) in [5.74, 6) is -1.60. The number of ether oxygens (including phenoxy) is 3. The van der Waals surface area contributed by atoms with E-state index < -0.39 is 29.6 Å². The molecule has 9 aromatic carbocycles. The van der Waals surface area contributed by atoms with Crippen molar-refractivity contribution in [1.82, 2.24) is 44.6 Å². The van der Waals surface area contributed by atoms with Crippen LogP contribution in [0.4, 0.5) is 30.6 Å². The molecule has 0 spiro atoms. The number of aromatic hydroxyl groups is 3. The summed E-state index contributed by atoms with van der Waals surface area (Å²) in [6, 6.07) is 36.5. The first-order chi connectivity index (χ1) is 55.3. The van der Waals surface area contributed by atoms with Crippen LogP contribution in [0.15, 0.2) is 153 Å². The zero-order chi connectivity index (χ0) is 81.8. The highest BCUT2D eigenvalue weighted by Gasteiger charge is 2.33. The Bertz CT molecular complexity index is 5540. The van der Waals surface area contributed by atoms with Gasteiger partial charge in [-0.15, -0.1) is 0 Å². The Morgan fingerprint density at radius 1 is 0.417 bits per heavy atom. The number of hydrogen-bond donors (Lipinski definition) is 5. The lowest BCUT2D eigenvalue weighted by molar-refractivity contribution is -0.159. The lowest BCUT2D eigenvalue weighted by Gasteiger charge is -2.36. The Morgan fingerprint density at radius 2 is 0.687 bits per heavy atom. The molecule has 6 heterocycles. The number of amides is 3. The molecule has 3 aliphatic heterocycles. The van der Waals surface area contributed by atoms with Crippen molar-refractivity contribution in [2.75, 3.05) is 93.2 Å². The standard InChI is InChI=1S/2C29H28ClFN4O3.C28H28ClFN4O5/c2*1-4-17(3)38-29-32-27-22(28(33-29)35-12-10-34(11-13-35)24(37)5-2)16-23(30)25(26(27)31)21-15-19(36)14-18-8-6-7-9-20(18)21;1-3-15(2)39-28-31-24-20(25(32-28)33-8-10-34(11-9-33)26(36)27(37)38)14-21(29)22(23(24)30)19-13-17(35)12-16-6-4-5-7-18(16)19/h2*5-9,14-17,36H,2,4,10-13H2,1,3H3;4-7,12-15,27,35,37-38H,3,8-11H2,1-2H3/t17-;;/m1../s1. The number of aliphatic hydroxyl groups excluding tert-OH is 1. The smallest absolute Gasteiger partial charge is 0.319 e. The highest BCUT2D eigenvalue weighted by atomic mass is 35.5. The van der Waals surface area contributed by atoms with E-state index in [0.29, 0.717) is 128 Å². The van der Waals surface area contributed by atoms with E-state index in [1.165, 1.54) is 35.3 Å². The summed E-state index contributed by atoms with van der Waals surface area (Å²) < 4.78 is 67.1. The van der Waals surface area contributed by atoms with Crippen LogP contribution in [0.25, 0.3) is 98.4 Å². The largest absolute Gasteiger partial charge is 0.508 e. The van der Waals surface area contributed by atoms with Crippen LogP contribution < -0.4 is 28.9 Å². The number of fused-ring (bicyclic) bond motifs is 6. The minimum atomic E-state index is -2.08. The highest BCUT2D eigenvalue weighted by Crippen LogP contribution is 2.47. The van der Waals surface area contributed by atoms with Gasteiger partial charge in [-0.1, -0.05) is 142 Å². The number of rotatable bonds is 18. The van der Waals surface area contributed by atoms with Crippen LogP contribution in [0, 0.1) is 17.5 Å². The van der Waals surface area contributed by atoms with Crippen molar-refractivity contribution >= 4 is 135 Å². The Morgan fingerprint density at radius 3 is 0.948 bits per heavy atom. The van der Waals surface area contributed by atoms with Gasteiger partial charge < -0.3 is 69.1 Å². The number of carbonyl (C=O) groups is 3. The molecule has 0 radical (unpaired) electrons. The molecule has 3 atom stereocenters. The average Bonchev–Trinajstić information content (AvgIpc) is 0.753. The predicted octanol–water partition coefficient (Wildman–Crippen LogP) is 16.0. The molecule has 3 fully saturated rings. The van der Waals surface area contributed by atoms with Gasteiger partial charge in [-0.3, -0.25) is 14.4 Å². The van der Waals surface area contributed by atoms with E-state index in [0.717, 1.165) is 39.8 Å². The second-order valence-corrected chi connectivity index (χ2v) is 29.4. The molecule has 5 N–H and O–H groups in total. The minimum Gasteiger partial charge on any atom is -0.508 e. The molecule has 3 amide bonds. The van der Waals surface area contributed by atoms with Gasteiger partial charge >= 0.3 is 18.0 Å². The number of phenolic OH excluding ortho intramolecular Hbond substituents is 3. The highest BCUT2D eigenvalue weighted by molar-refractivity contribution is 6.36. The van der Waals surface area contributed by atoms with E-state index >= 15 is 13.2 Å². The molecule has 3 saturated heterocycles. The number of aliphatic hydroxyl groups is 2. The molecule has 0 bridgehead atoms. The van der Waals surface area contributed by atoms with Gasteiger partial charge in [-0.05, 0) is 156 Å². The third-order valence-electron chi connectivity index (χ3n) is 20.8. The van der Waals surface area contributed by atoms with Gasteiger partial charge in [0, 0.05) is 111 Å². The molecule has 0 saturated carbocycles. The lowest BCUT2D eigenvalue weighted by atomic mass is 9.96. The Hall–Kier alpha value is -11.6. The fraction of sp³-hybridized carbons (Fsp3) is 0.291. The number of carbonyl (C=O) groups excluding carboxylic acids is 3. The van der Waals surface area contributed by atoms with E-state index in [1.54, 1.807) is 46.2 Å². The van der Waals surface area contributed by atoms with Crippen LogP contribution in [0.2, 0.25) is 15.1 Å². The van der Waals surface area contributed by atoms with Gasteiger partial charge in [0.15, 0.2) is 17.5 Å².